The van der Waals surface area contributed by atoms with Crippen LogP contribution in [-0.4, -0.2) is 23.2 Å². The van der Waals surface area contributed by atoms with E-state index in [0.717, 1.165) is 23.0 Å². The van der Waals surface area contributed by atoms with Gasteiger partial charge in [-0.3, -0.25) is 0 Å². The molecule has 0 aliphatic carbocycles. The van der Waals surface area contributed by atoms with Gasteiger partial charge in [0.25, 0.3) is 0 Å². The quantitative estimate of drug-likeness (QED) is 0.790. The SMILES string of the molecule is CCNCC(C)c1nc(CSc2ccccc2Cl)no1. The van der Waals surface area contributed by atoms with E-state index in [-0.39, 0.29) is 5.92 Å². The number of rotatable bonds is 7. The monoisotopic (exact) mass is 311 g/mol. The lowest BCUT2D eigenvalue weighted by Gasteiger charge is -2.05. The average molecular weight is 312 g/mol. The van der Waals surface area contributed by atoms with Crippen molar-refractivity contribution in [1.29, 1.82) is 0 Å². The van der Waals surface area contributed by atoms with E-state index >= 15 is 0 Å². The first kappa shape index (κ1) is 15.4. The highest BCUT2D eigenvalue weighted by Crippen LogP contribution is 2.28. The zero-order chi connectivity index (χ0) is 14.4. The highest BCUT2D eigenvalue weighted by molar-refractivity contribution is 7.98. The normalized spacial score (nSPS) is 12.6. The van der Waals surface area contributed by atoms with E-state index in [1.807, 2.05) is 24.3 Å². The number of halogens is 1. The van der Waals surface area contributed by atoms with Gasteiger partial charge in [-0.2, -0.15) is 4.98 Å². The van der Waals surface area contributed by atoms with E-state index in [0.29, 0.717) is 17.5 Å². The summed E-state index contributed by atoms with van der Waals surface area (Å²) >= 11 is 7.72. The second-order valence-corrected chi connectivity index (χ2v) is 5.90. The molecule has 1 aromatic carbocycles. The minimum atomic E-state index is 0.224. The first-order chi connectivity index (χ1) is 9.70. The summed E-state index contributed by atoms with van der Waals surface area (Å²) in [7, 11) is 0. The Morgan fingerprint density at radius 2 is 2.20 bits per heavy atom. The Labute approximate surface area is 128 Å². The molecule has 1 aromatic heterocycles. The van der Waals surface area contributed by atoms with Gasteiger partial charge in [0.2, 0.25) is 5.89 Å². The van der Waals surface area contributed by atoms with Gasteiger partial charge in [-0.25, -0.2) is 0 Å². The zero-order valence-corrected chi connectivity index (χ0v) is 13.2. The highest BCUT2D eigenvalue weighted by Gasteiger charge is 2.14. The van der Waals surface area contributed by atoms with Crippen LogP contribution >= 0.6 is 23.4 Å². The van der Waals surface area contributed by atoms with Crippen LogP contribution in [0, 0.1) is 0 Å². The largest absolute Gasteiger partial charge is 0.339 e. The molecular formula is C14H18ClN3OS. The van der Waals surface area contributed by atoms with Crippen molar-refractivity contribution in [3.63, 3.8) is 0 Å². The second-order valence-electron chi connectivity index (χ2n) is 4.48. The number of nitrogens with zero attached hydrogens (tertiary/aromatic N) is 2. The van der Waals surface area contributed by atoms with E-state index in [1.165, 1.54) is 0 Å². The lowest BCUT2D eigenvalue weighted by Crippen LogP contribution is -2.19. The Hall–Kier alpha value is -1.04. The molecule has 2 rings (SSSR count). The van der Waals surface area contributed by atoms with Crippen LogP contribution in [-0.2, 0) is 5.75 Å². The summed E-state index contributed by atoms with van der Waals surface area (Å²) in [4.78, 5) is 5.46. The fourth-order valence-corrected chi connectivity index (χ4v) is 2.76. The number of aromatic nitrogens is 2. The minimum absolute atomic E-state index is 0.224. The van der Waals surface area contributed by atoms with Crippen molar-refractivity contribution in [2.75, 3.05) is 13.1 Å². The lowest BCUT2D eigenvalue weighted by molar-refractivity contribution is 0.352. The first-order valence-electron chi connectivity index (χ1n) is 6.61. The van der Waals surface area contributed by atoms with Crippen molar-refractivity contribution in [1.82, 2.24) is 15.5 Å². The standard InChI is InChI=1S/C14H18ClN3OS/c1-3-16-8-10(2)14-17-13(18-19-14)9-20-12-7-5-4-6-11(12)15/h4-7,10,16H,3,8-9H2,1-2H3. The third-order valence-corrected chi connectivity index (χ3v) is 4.31. The van der Waals surface area contributed by atoms with Crippen molar-refractivity contribution < 1.29 is 4.52 Å². The number of hydrogen-bond donors (Lipinski definition) is 1. The number of nitrogens with one attached hydrogen (secondary N) is 1. The van der Waals surface area contributed by atoms with Gasteiger partial charge in [0.1, 0.15) is 0 Å². The van der Waals surface area contributed by atoms with E-state index in [9.17, 15) is 0 Å². The van der Waals surface area contributed by atoms with Crippen LogP contribution in [0.1, 0.15) is 31.5 Å². The molecule has 0 bridgehead atoms. The van der Waals surface area contributed by atoms with Gasteiger partial charge in [0.05, 0.1) is 10.8 Å². The average Bonchev–Trinajstić information content (AvgIpc) is 2.93. The van der Waals surface area contributed by atoms with Crippen molar-refractivity contribution in [2.24, 2.45) is 0 Å². The molecule has 0 aliphatic rings. The van der Waals surface area contributed by atoms with Crippen LogP contribution in [0.5, 0.6) is 0 Å². The molecule has 0 radical (unpaired) electrons. The number of likely N-dealkylation sites (N-methyl/N-ethyl adjacent to an activating group) is 1. The Morgan fingerprint density at radius 1 is 1.40 bits per heavy atom. The van der Waals surface area contributed by atoms with Gasteiger partial charge in [0, 0.05) is 17.4 Å². The lowest BCUT2D eigenvalue weighted by atomic mass is 10.2. The number of hydrogen-bond acceptors (Lipinski definition) is 5. The van der Waals surface area contributed by atoms with Crippen molar-refractivity contribution in [2.45, 2.75) is 30.4 Å². The summed E-state index contributed by atoms with van der Waals surface area (Å²) < 4.78 is 5.29. The molecule has 108 valence electrons. The van der Waals surface area contributed by atoms with Gasteiger partial charge in [-0.1, -0.05) is 42.7 Å². The van der Waals surface area contributed by atoms with E-state index in [1.54, 1.807) is 11.8 Å². The van der Waals surface area contributed by atoms with E-state index in [2.05, 4.69) is 29.3 Å². The summed E-state index contributed by atoms with van der Waals surface area (Å²) in [5.74, 6) is 2.26. The molecule has 1 N–H and O–H groups in total. The molecule has 1 heterocycles. The van der Waals surface area contributed by atoms with Crippen LogP contribution in [0.3, 0.4) is 0 Å². The molecule has 6 heteroatoms. The maximum atomic E-state index is 6.11. The summed E-state index contributed by atoms with van der Waals surface area (Å²) in [6.45, 7) is 5.93. The van der Waals surface area contributed by atoms with Crippen LogP contribution in [0.25, 0.3) is 0 Å². The van der Waals surface area contributed by atoms with Crippen molar-refractivity contribution >= 4 is 23.4 Å². The molecule has 0 fully saturated rings. The second kappa shape index (κ2) is 7.67. The fourth-order valence-electron chi connectivity index (χ4n) is 1.68. The molecule has 0 amide bonds. The Kier molecular flexibility index (Phi) is 5.88. The summed E-state index contributed by atoms with van der Waals surface area (Å²) in [5.41, 5.74) is 0. The predicted molar refractivity (Wildman–Crippen MR) is 82.3 cm³/mol. The smallest absolute Gasteiger partial charge is 0.230 e. The van der Waals surface area contributed by atoms with Crippen molar-refractivity contribution in [3.05, 3.63) is 41.0 Å². The predicted octanol–water partition coefficient (Wildman–Crippen LogP) is 3.73. The fraction of sp³-hybridized carbons (Fsp3) is 0.429. The van der Waals surface area contributed by atoms with Gasteiger partial charge >= 0.3 is 0 Å². The Balaban J connectivity index is 1.91. The molecule has 0 saturated carbocycles. The van der Waals surface area contributed by atoms with Gasteiger partial charge in [-0.05, 0) is 18.7 Å². The summed E-state index contributed by atoms with van der Waals surface area (Å²) in [6.07, 6.45) is 0. The molecule has 1 unspecified atom stereocenters. The van der Waals surface area contributed by atoms with Crippen LogP contribution in [0.2, 0.25) is 5.02 Å². The molecule has 20 heavy (non-hydrogen) atoms. The van der Waals surface area contributed by atoms with Gasteiger partial charge < -0.3 is 9.84 Å². The summed E-state index contributed by atoms with van der Waals surface area (Å²) in [6, 6.07) is 7.75. The minimum Gasteiger partial charge on any atom is -0.339 e. The van der Waals surface area contributed by atoms with Crippen LogP contribution in [0.4, 0.5) is 0 Å². The maximum Gasteiger partial charge on any atom is 0.230 e. The molecule has 4 nitrogen and oxygen atoms in total. The number of thioether (sulfide) groups is 1. The molecule has 2 aromatic rings. The Morgan fingerprint density at radius 3 is 2.95 bits per heavy atom. The van der Waals surface area contributed by atoms with E-state index in [4.69, 9.17) is 16.1 Å². The van der Waals surface area contributed by atoms with Crippen molar-refractivity contribution in [3.8, 4) is 0 Å². The molecule has 0 aliphatic heterocycles. The molecule has 0 saturated heterocycles. The van der Waals surface area contributed by atoms with Gasteiger partial charge in [0.15, 0.2) is 5.82 Å². The maximum absolute atomic E-state index is 6.11. The molecule has 1 atom stereocenters. The van der Waals surface area contributed by atoms with E-state index < -0.39 is 0 Å². The summed E-state index contributed by atoms with van der Waals surface area (Å²) in [5, 5.41) is 8.03. The molecule has 0 spiro atoms. The molecular weight excluding hydrogens is 294 g/mol. The number of benzene rings is 1. The third kappa shape index (κ3) is 4.23. The topological polar surface area (TPSA) is 51.0 Å². The van der Waals surface area contributed by atoms with Crippen LogP contribution < -0.4 is 5.32 Å². The highest BCUT2D eigenvalue weighted by atomic mass is 35.5. The Bertz CT molecular complexity index is 547. The zero-order valence-electron chi connectivity index (χ0n) is 11.6. The first-order valence-corrected chi connectivity index (χ1v) is 7.97. The van der Waals surface area contributed by atoms with Crippen LogP contribution in [0.15, 0.2) is 33.7 Å². The third-order valence-electron chi connectivity index (χ3n) is 2.80. The van der Waals surface area contributed by atoms with Gasteiger partial charge in [-0.15, -0.1) is 11.8 Å².